The summed E-state index contributed by atoms with van der Waals surface area (Å²) >= 11 is 0. The number of ether oxygens (including phenoxy) is 1. The smallest absolute Gasteiger partial charge is 0.255 e. The van der Waals surface area contributed by atoms with Crippen LogP contribution in [0.3, 0.4) is 0 Å². The zero-order valence-corrected chi connectivity index (χ0v) is 11.4. The maximum absolute atomic E-state index is 12.5. The van der Waals surface area contributed by atoms with E-state index in [1.54, 1.807) is 23.9 Å². The molecule has 0 N–H and O–H groups in total. The largest absolute Gasteiger partial charge is 0.365 e. The van der Waals surface area contributed by atoms with Crippen LogP contribution in [0.1, 0.15) is 32.6 Å². The van der Waals surface area contributed by atoms with Gasteiger partial charge < -0.3 is 14.5 Å². The number of rotatable bonds is 2. The molecule has 2 atom stereocenters. The van der Waals surface area contributed by atoms with Crippen molar-refractivity contribution in [2.24, 2.45) is 0 Å². The molecule has 2 rings (SSSR count). The van der Waals surface area contributed by atoms with Gasteiger partial charge in [-0.15, -0.1) is 0 Å². The predicted octanol–water partition coefficient (Wildman–Crippen LogP) is 0.635. The molecule has 0 aromatic rings. The van der Waals surface area contributed by atoms with E-state index in [2.05, 4.69) is 0 Å². The maximum Gasteiger partial charge on any atom is 0.255 e. The van der Waals surface area contributed by atoms with Crippen LogP contribution in [0.15, 0.2) is 0 Å². The molecule has 2 heterocycles. The Labute approximate surface area is 108 Å². The molecule has 2 unspecified atom stereocenters. The minimum Gasteiger partial charge on any atom is -0.365 e. The average Bonchev–Trinajstić information content (AvgIpc) is 2.96. The van der Waals surface area contributed by atoms with Crippen LogP contribution in [0.2, 0.25) is 0 Å². The van der Waals surface area contributed by atoms with Gasteiger partial charge in [-0.1, -0.05) is 0 Å². The molecule has 2 saturated heterocycles. The average molecular weight is 254 g/mol. The van der Waals surface area contributed by atoms with E-state index >= 15 is 0 Å². The molecule has 0 bridgehead atoms. The standard InChI is InChI=1S/C13H22N2O3/c1-13(7-5-9-18-13)12(17)15-8-4-6-10(15)11(16)14(2)3/h10H,4-9H2,1-3H3. The zero-order valence-electron chi connectivity index (χ0n) is 11.4. The van der Waals surface area contributed by atoms with Crippen molar-refractivity contribution in [2.75, 3.05) is 27.2 Å². The normalized spacial score (nSPS) is 31.7. The van der Waals surface area contributed by atoms with Crippen LogP contribution in [-0.4, -0.2) is 60.5 Å². The van der Waals surface area contributed by atoms with Crippen molar-refractivity contribution >= 4 is 11.8 Å². The molecule has 2 aliphatic heterocycles. The van der Waals surface area contributed by atoms with Crippen LogP contribution in [0, 0.1) is 0 Å². The molecule has 2 amide bonds. The van der Waals surface area contributed by atoms with Crippen molar-refractivity contribution in [3.05, 3.63) is 0 Å². The molecular formula is C13H22N2O3. The highest BCUT2D eigenvalue weighted by atomic mass is 16.5. The summed E-state index contributed by atoms with van der Waals surface area (Å²) in [7, 11) is 3.47. The lowest BCUT2D eigenvalue weighted by Gasteiger charge is -2.32. The number of likely N-dealkylation sites (N-methyl/N-ethyl adjacent to an activating group) is 1. The second kappa shape index (κ2) is 4.88. The van der Waals surface area contributed by atoms with Crippen molar-refractivity contribution in [1.29, 1.82) is 0 Å². The molecule has 0 saturated carbocycles. The first-order chi connectivity index (χ1) is 8.46. The van der Waals surface area contributed by atoms with E-state index in [0.717, 1.165) is 25.7 Å². The summed E-state index contributed by atoms with van der Waals surface area (Å²) in [6.45, 7) is 3.16. The van der Waals surface area contributed by atoms with E-state index in [4.69, 9.17) is 4.74 Å². The van der Waals surface area contributed by atoms with E-state index in [1.165, 1.54) is 0 Å². The maximum atomic E-state index is 12.5. The van der Waals surface area contributed by atoms with Crippen LogP contribution in [-0.2, 0) is 14.3 Å². The van der Waals surface area contributed by atoms with Gasteiger partial charge in [-0.2, -0.15) is 0 Å². The van der Waals surface area contributed by atoms with Crippen molar-refractivity contribution in [3.8, 4) is 0 Å². The van der Waals surface area contributed by atoms with Crippen LogP contribution >= 0.6 is 0 Å². The van der Waals surface area contributed by atoms with E-state index < -0.39 is 5.60 Å². The van der Waals surface area contributed by atoms with Crippen LogP contribution in [0.5, 0.6) is 0 Å². The minimum atomic E-state index is -0.713. The van der Waals surface area contributed by atoms with Gasteiger partial charge in [0, 0.05) is 27.2 Å². The van der Waals surface area contributed by atoms with Gasteiger partial charge in [0.1, 0.15) is 11.6 Å². The van der Waals surface area contributed by atoms with E-state index in [9.17, 15) is 9.59 Å². The van der Waals surface area contributed by atoms with Crippen molar-refractivity contribution in [2.45, 2.75) is 44.2 Å². The molecule has 5 nitrogen and oxygen atoms in total. The second-order valence-electron chi connectivity index (χ2n) is 5.57. The van der Waals surface area contributed by atoms with E-state index in [1.807, 2.05) is 6.92 Å². The zero-order chi connectivity index (χ0) is 13.3. The van der Waals surface area contributed by atoms with Gasteiger partial charge in [0.15, 0.2) is 0 Å². The SMILES string of the molecule is CN(C)C(=O)C1CCCN1C(=O)C1(C)CCCO1. The molecular weight excluding hydrogens is 232 g/mol. The lowest BCUT2D eigenvalue weighted by atomic mass is 10.0. The molecule has 0 aromatic heterocycles. The third-order valence-corrected chi connectivity index (χ3v) is 3.91. The first kappa shape index (κ1) is 13.3. The number of amides is 2. The molecule has 2 fully saturated rings. The summed E-state index contributed by atoms with van der Waals surface area (Å²) in [5.41, 5.74) is -0.713. The first-order valence-corrected chi connectivity index (χ1v) is 6.62. The van der Waals surface area contributed by atoms with Crippen LogP contribution in [0.4, 0.5) is 0 Å². The number of nitrogens with zero attached hydrogens (tertiary/aromatic N) is 2. The first-order valence-electron chi connectivity index (χ1n) is 6.62. The quantitative estimate of drug-likeness (QED) is 0.726. The lowest BCUT2D eigenvalue weighted by molar-refractivity contribution is -0.155. The fraction of sp³-hybridized carbons (Fsp3) is 0.846. The molecule has 18 heavy (non-hydrogen) atoms. The second-order valence-corrected chi connectivity index (χ2v) is 5.57. The van der Waals surface area contributed by atoms with Gasteiger partial charge in [-0.05, 0) is 32.6 Å². The highest BCUT2D eigenvalue weighted by Crippen LogP contribution is 2.30. The van der Waals surface area contributed by atoms with Gasteiger partial charge in [0.25, 0.3) is 5.91 Å². The van der Waals surface area contributed by atoms with E-state index in [0.29, 0.717) is 13.2 Å². The number of carbonyl (C=O) groups is 2. The Hall–Kier alpha value is -1.10. The third-order valence-electron chi connectivity index (χ3n) is 3.91. The van der Waals surface area contributed by atoms with Crippen molar-refractivity contribution in [1.82, 2.24) is 9.80 Å². The minimum absolute atomic E-state index is 0.0160. The summed E-state index contributed by atoms with van der Waals surface area (Å²) in [6.07, 6.45) is 3.33. The third kappa shape index (κ3) is 2.23. The summed E-state index contributed by atoms with van der Waals surface area (Å²) in [5.74, 6) is 0.000136. The lowest BCUT2D eigenvalue weighted by Crippen LogP contribution is -2.52. The Bertz CT molecular complexity index is 348. The van der Waals surface area contributed by atoms with Crippen LogP contribution in [0.25, 0.3) is 0 Å². The molecule has 0 radical (unpaired) electrons. The Kier molecular flexibility index (Phi) is 3.61. The summed E-state index contributed by atoms with van der Waals surface area (Å²) in [6, 6.07) is -0.298. The Balaban J connectivity index is 2.12. The molecule has 0 aliphatic carbocycles. The molecule has 5 heteroatoms. The number of carbonyl (C=O) groups excluding carboxylic acids is 2. The van der Waals surface area contributed by atoms with Gasteiger partial charge in [0.2, 0.25) is 5.91 Å². The van der Waals surface area contributed by atoms with E-state index in [-0.39, 0.29) is 17.9 Å². The molecule has 102 valence electrons. The summed E-state index contributed by atoms with van der Waals surface area (Å²) in [5, 5.41) is 0. The van der Waals surface area contributed by atoms with Crippen LogP contribution < -0.4 is 0 Å². The molecule has 0 aromatic carbocycles. The van der Waals surface area contributed by atoms with Crippen molar-refractivity contribution < 1.29 is 14.3 Å². The van der Waals surface area contributed by atoms with Gasteiger partial charge in [0.05, 0.1) is 0 Å². The van der Waals surface area contributed by atoms with Gasteiger partial charge >= 0.3 is 0 Å². The highest BCUT2D eigenvalue weighted by molar-refractivity contribution is 5.91. The Morgan fingerprint density at radius 2 is 2.06 bits per heavy atom. The Morgan fingerprint density at radius 1 is 1.33 bits per heavy atom. The predicted molar refractivity (Wildman–Crippen MR) is 67.0 cm³/mol. The van der Waals surface area contributed by atoms with Gasteiger partial charge in [-0.25, -0.2) is 0 Å². The molecule has 2 aliphatic rings. The number of hydrogen-bond acceptors (Lipinski definition) is 3. The Morgan fingerprint density at radius 3 is 2.61 bits per heavy atom. The fourth-order valence-corrected chi connectivity index (χ4v) is 2.82. The van der Waals surface area contributed by atoms with Crippen molar-refractivity contribution in [3.63, 3.8) is 0 Å². The highest BCUT2D eigenvalue weighted by Gasteiger charge is 2.45. The monoisotopic (exact) mass is 254 g/mol. The fourth-order valence-electron chi connectivity index (χ4n) is 2.82. The van der Waals surface area contributed by atoms with Gasteiger partial charge in [-0.3, -0.25) is 9.59 Å². The summed E-state index contributed by atoms with van der Waals surface area (Å²) in [4.78, 5) is 27.9. The number of hydrogen-bond donors (Lipinski definition) is 0. The molecule has 0 spiro atoms. The number of likely N-dealkylation sites (tertiary alicyclic amines) is 1. The topological polar surface area (TPSA) is 49.9 Å². The summed E-state index contributed by atoms with van der Waals surface area (Å²) < 4.78 is 5.59.